The van der Waals surface area contributed by atoms with Crippen molar-refractivity contribution in [3.8, 4) is 21.6 Å². The van der Waals surface area contributed by atoms with Crippen LogP contribution in [0.1, 0.15) is 118 Å². The number of urea groups is 2. The molecule has 13 rings (SSSR count). The lowest BCUT2D eigenvalue weighted by molar-refractivity contribution is 0.00578. The highest BCUT2D eigenvalue weighted by Crippen LogP contribution is 2.38. The summed E-state index contributed by atoms with van der Waals surface area (Å²) in [7, 11) is -0.427. The summed E-state index contributed by atoms with van der Waals surface area (Å²) in [5.74, 6) is 4.20. The molecule has 5 aliphatic rings. The Morgan fingerprint density at radius 3 is 1.50 bits per heavy atom. The minimum absolute atomic E-state index is 0.0330. The van der Waals surface area contributed by atoms with Gasteiger partial charge in [-0.15, -0.1) is 0 Å². The number of ether oxygens (including phenoxy) is 2. The van der Waals surface area contributed by atoms with Crippen molar-refractivity contribution in [2.75, 3.05) is 72.0 Å². The molecule has 0 saturated carbocycles. The van der Waals surface area contributed by atoms with Gasteiger partial charge in [-0.25, -0.2) is 39.5 Å². The maximum Gasteiger partial charge on any atom is 0.496 e. The monoisotopic (exact) mass is 1270 g/mol. The van der Waals surface area contributed by atoms with E-state index in [1.165, 1.54) is 22.7 Å². The molecule has 0 radical (unpaired) electrons. The number of rotatable bonds is 14. The fourth-order valence-electron chi connectivity index (χ4n) is 10.4. The molecule has 0 bridgehead atoms. The van der Waals surface area contributed by atoms with E-state index in [0.29, 0.717) is 72.1 Å². The minimum Gasteiger partial charge on any atom is -0.467 e. The second-order valence-corrected chi connectivity index (χ2v) is 26.3. The first kappa shape index (κ1) is 60.5. The van der Waals surface area contributed by atoms with Crippen LogP contribution in [0.5, 0.6) is 10.4 Å². The Hall–Kier alpha value is -7.14. The number of carbonyl (C=O) groups is 2. The maximum atomic E-state index is 11.9. The minimum atomic E-state index is -0.427. The second kappa shape index (κ2) is 25.7. The van der Waals surface area contributed by atoms with E-state index in [-0.39, 0.29) is 47.3 Å². The van der Waals surface area contributed by atoms with Gasteiger partial charge in [0, 0.05) is 87.6 Å². The second-order valence-electron chi connectivity index (χ2n) is 23.6. The average Bonchev–Trinajstić information content (AvgIpc) is 2.63. The van der Waals surface area contributed by atoms with Crippen LogP contribution in [0.2, 0.25) is 0 Å². The van der Waals surface area contributed by atoms with E-state index >= 15 is 0 Å². The summed E-state index contributed by atoms with van der Waals surface area (Å²) < 4.78 is 36.1. The number of hydrogen-bond donors (Lipinski definition) is 2. The fraction of sp³-hybridized carbons (Fsp3) is 0.517. The number of piperidine rings is 2. The van der Waals surface area contributed by atoms with E-state index in [0.717, 1.165) is 106 Å². The third-order valence-corrected chi connectivity index (χ3v) is 18.6. The van der Waals surface area contributed by atoms with Crippen molar-refractivity contribution in [3.05, 3.63) is 77.2 Å². The maximum absolute atomic E-state index is 11.9. The summed E-state index contributed by atoms with van der Waals surface area (Å²) in [5, 5.41) is 15.0. The van der Waals surface area contributed by atoms with Crippen LogP contribution >= 0.6 is 38.6 Å². The van der Waals surface area contributed by atoms with E-state index in [2.05, 4.69) is 123 Å². The van der Waals surface area contributed by atoms with E-state index in [9.17, 15) is 9.59 Å². The molecule has 4 amide bonds. The Labute approximate surface area is 515 Å². The molecule has 86 heavy (non-hydrogen) atoms. The number of nitrogens with zero attached hydrogens (tertiary/aromatic N) is 14. The first-order chi connectivity index (χ1) is 41.2. The van der Waals surface area contributed by atoms with Gasteiger partial charge in [-0.1, -0.05) is 66.7 Å². The van der Waals surface area contributed by atoms with Crippen LogP contribution in [0.25, 0.3) is 32.0 Å². The molecule has 2 atom stereocenters. The number of amides is 4. The summed E-state index contributed by atoms with van der Waals surface area (Å²) in [5.41, 5.74) is 3.49. The molecule has 5 aliphatic heterocycles. The van der Waals surface area contributed by atoms with Crippen molar-refractivity contribution >= 4 is 108 Å². The lowest BCUT2D eigenvalue weighted by Crippen LogP contribution is -2.41. The Kier molecular flexibility index (Phi) is 18.1. The van der Waals surface area contributed by atoms with Gasteiger partial charge in [0.05, 0.1) is 16.9 Å². The van der Waals surface area contributed by atoms with Crippen LogP contribution in [-0.2, 0) is 9.31 Å². The van der Waals surface area contributed by atoms with Gasteiger partial charge in [-0.05, 0) is 137 Å². The first-order valence-corrected chi connectivity index (χ1v) is 31.8. The van der Waals surface area contributed by atoms with Crippen LogP contribution in [0.4, 0.5) is 33.3 Å². The smallest absolute Gasteiger partial charge is 0.467 e. The number of carbonyl (C=O) groups excluding carboxylic acids is 2. The molecule has 2 N–H and O–H groups in total. The number of anilines is 4. The highest BCUT2D eigenvalue weighted by molar-refractivity contribution is 9.10. The molecule has 0 aliphatic carbocycles. The number of aromatic nitrogens is 10. The number of thiazole rings is 2. The largest absolute Gasteiger partial charge is 0.496 e. The van der Waals surface area contributed by atoms with Crippen molar-refractivity contribution in [2.24, 2.45) is 11.8 Å². The molecule has 8 aromatic heterocycles. The van der Waals surface area contributed by atoms with Crippen molar-refractivity contribution in [1.29, 1.82) is 0 Å². The molecule has 24 nitrogen and oxygen atoms in total. The lowest BCUT2D eigenvalue weighted by Gasteiger charge is -2.33. The number of halogens is 1. The molecule has 8 aromatic rings. The molecular weight excluding hydrogens is 1200 g/mol. The molecule has 5 fully saturated rings. The van der Waals surface area contributed by atoms with Crippen molar-refractivity contribution in [2.45, 2.75) is 130 Å². The third kappa shape index (κ3) is 13.7. The summed E-state index contributed by atoms with van der Waals surface area (Å²) >= 11 is 6.34. The Morgan fingerprint density at radius 2 is 1.07 bits per heavy atom. The van der Waals surface area contributed by atoms with Crippen molar-refractivity contribution in [1.82, 2.24) is 60.8 Å². The SMILES string of the molecule is CC(C)c1noc(N2CCC(C(C)Oc3nc4ccc(-c5ccc(N6CCNC6=O)nc5)nc4s3)CC2)n1.CC(C)c1noc(N2CCC(C(C)Oc3nc4ccc(Br)nc4s3)CC2)n1.CC1(C)OB(c2ccc(N3CCNC3=O)nc2)OC1(C)C. The zero-order chi connectivity index (χ0) is 60.4. The van der Waals surface area contributed by atoms with Crippen LogP contribution in [0.15, 0.2) is 74.6 Å². The summed E-state index contributed by atoms with van der Waals surface area (Å²) in [6, 6.07) is 16.3. The van der Waals surface area contributed by atoms with E-state index in [1.807, 2.05) is 76.2 Å². The van der Waals surface area contributed by atoms with Gasteiger partial charge in [-0.2, -0.15) is 9.97 Å². The van der Waals surface area contributed by atoms with Crippen LogP contribution in [-0.4, -0.2) is 145 Å². The quantitative estimate of drug-likeness (QED) is 0.0757. The molecule has 28 heteroatoms. The molecule has 0 aromatic carbocycles. The zero-order valence-corrected chi connectivity index (χ0v) is 53.2. The summed E-state index contributed by atoms with van der Waals surface area (Å²) in [6.45, 7) is 26.6. The van der Waals surface area contributed by atoms with Crippen LogP contribution in [0.3, 0.4) is 0 Å². The molecule has 454 valence electrons. The standard InChI is InChI=1S/C26H30N8O3S.C18H22BrN5O2S.C14H20BN3O3/c1-15(2)22-31-25(37-32-22)33-11-8-17(9-12-33)16(3)36-26-30-20-6-5-19(29-23(20)38-26)18-4-7-21(28-14-18)34-13-10-27-24(34)35;1-10(2)15-22-17(26-23-15)24-8-6-12(7-9-24)11(3)25-18-20-13-4-5-14(19)21-16(13)27-18;1-13(2)14(3,4)21-15(20-13)10-5-6-11(17-9-10)18-8-7-16-12(18)19/h4-7,14-17H,8-13H2,1-3H3,(H,27,35);4-5,10-12H,6-9H2,1-3H3;5-6,9H,7-8H2,1-4H3,(H,16,19). The Morgan fingerprint density at radius 1 is 0.593 bits per heavy atom. The predicted molar refractivity (Wildman–Crippen MR) is 334 cm³/mol. The van der Waals surface area contributed by atoms with Gasteiger partial charge in [0.2, 0.25) is 0 Å². The molecular formula is C58H72BBrN16O8S2. The average molecular weight is 1280 g/mol. The first-order valence-electron chi connectivity index (χ1n) is 29.3. The highest BCUT2D eigenvalue weighted by atomic mass is 79.9. The third-order valence-electron chi connectivity index (χ3n) is 16.5. The fourth-order valence-corrected chi connectivity index (χ4v) is 12.6. The van der Waals surface area contributed by atoms with Gasteiger partial charge in [0.15, 0.2) is 11.6 Å². The van der Waals surface area contributed by atoms with Gasteiger partial charge in [-0.3, -0.25) is 9.80 Å². The van der Waals surface area contributed by atoms with Gasteiger partial charge in [0.1, 0.15) is 49.1 Å². The molecule has 13 heterocycles. The Bertz CT molecular complexity index is 3610. The van der Waals surface area contributed by atoms with E-state index in [1.54, 1.807) is 22.2 Å². The number of nitrogens with one attached hydrogen (secondary N) is 2. The van der Waals surface area contributed by atoms with Crippen molar-refractivity contribution < 1.29 is 37.4 Å². The van der Waals surface area contributed by atoms with Crippen LogP contribution < -0.4 is 45.2 Å². The molecule has 2 unspecified atom stereocenters. The summed E-state index contributed by atoms with van der Waals surface area (Å²) in [6.07, 6.45) is 7.61. The van der Waals surface area contributed by atoms with E-state index in [4.69, 9.17) is 32.8 Å². The lowest BCUT2D eigenvalue weighted by atomic mass is 9.80. The number of pyridine rings is 4. The number of fused-ring (bicyclic) bond motifs is 2. The van der Waals surface area contributed by atoms with Gasteiger partial charge < -0.3 is 48.3 Å². The van der Waals surface area contributed by atoms with Crippen molar-refractivity contribution in [3.63, 3.8) is 0 Å². The van der Waals surface area contributed by atoms with Gasteiger partial charge in [0.25, 0.3) is 10.4 Å². The van der Waals surface area contributed by atoms with Gasteiger partial charge >= 0.3 is 31.2 Å². The topological polar surface area (TPSA) is 263 Å². The number of hydrogen-bond acceptors (Lipinski definition) is 22. The predicted octanol–water partition coefficient (Wildman–Crippen LogP) is 10.0. The normalized spacial score (nSPS) is 18.8. The molecule has 0 spiro atoms. The van der Waals surface area contributed by atoms with Crippen LogP contribution in [0, 0.1) is 11.8 Å². The highest BCUT2D eigenvalue weighted by Gasteiger charge is 2.52. The molecule has 5 saturated heterocycles. The zero-order valence-electron chi connectivity index (χ0n) is 50.0. The summed E-state index contributed by atoms with van der Waals surface area (Å²) in [4.78, 5) is 69.1. The van der Waals surface area contributed by atoms with E-state index < -0.39 is 7.12 Å². The Balaban J connectivity index is 0.000000141.